The van der Waals surface area contributed by atoms with Gasteiger partial charge in [-0.15, -0.1) is 0 Å². The summed E-state index contributed by atoms with van der Waals surface area (Å²) in [6.45, 7) is 7.26. The maximum Gasteiger partial charge on any atom is 0.0590 e. The largest absolute Gasteiger partial charge is 0.380 e. The molecule has 90 valence electrons. The number of nitrogens with zero attached hydrogens (tertiary/aromatic N) is 1. The van der Waals surface area contributed by atoms with Crippen molar-refractivity contribution in [3.8, 4) is 0 Å². The molecule has 0 saturated carbocycles. The number of hydrogen-bond acceptors (Lipinski definition) is 3. The van der Waals surface area contributed by atoms with Crippen LogP contribution in [0, 0.1) is 0 Å². The van der Waals surface area contributed by atoms with E-state index in [9.17, 15) is 0 Å². The Kier molecular flexibility index (Phi) is 6.98. The van der Waals surface area contributed by atoms with Crippen LogP contribution in [-0.2, 0) is 4.74 Å². The first-order valence-electron chi connectivity index (χ1n) is 6.33. The summed E-state index contributed by atoms with van der Waals surface area (Å²) in [5, 5.41) is 3.48. The highest BCUT2D eigenvalue weighted by Gasteiger charge is 2.17. The molecule has 1 aliphatic heterocycles. The summed E-state index contributed by atoms with van der Waals surface area (Å²) >= 11 is 0. The third kappa shape index (κ3) is 5.50. The van der Waals surface area contributed by atoms with Crippen LogP contribution in [0.2, 0.25) is 0 Å². The van der Waals surface area contributed by atoms with Gasteiger partial charge in [0.2, 0.25) is 0 Å². The SMILES string of the molecule is CCCOCCNCC1CCCCN1C. The molecule has 0 aromatic carbocycles. The summed E-state index contributed by atoms with van der Waals surface area (Å²) < 4.78 is 5.42. The minimum Gasteiger partial charge on any atom is -0.380 e. The van der Waals surface area contributed by atoms with Gasteiger partial charge in [0.05, 0.1) is 6.61 Å². The topological polar surface area (TPSA) is 24.5 Å². The first-order valence-corrected chi connectivity index (χ1v) is 6.33. The Labute approximate surface area is 94.2 Å². The predicted octanol–water partition coefficient (Wildman–Crippen LogP) is 1.49. The van der Waals surface area contributed by atoms with Crippen molar-refractivity contribution in [1.82, 2.24) is 10.2 Å². The molecule has 0 amide bonds. The molecule has 1 saturated heterocycles. The highest BCUT2D eigenvalue weighted by molar-refractivity contribution is 4.75. The van der Waals surface area contributed by atoms with Crippen LogP contribution in [-0.4, -0.2) is 50.8 Å². The monoisotopic (exact) mass is 214 g/mol. The number of nitrogens with one attached hydrogen (secondary N) is 1. The highest BCUT2D eigenvalue weighted by atomic mass is 16.5. The Morgan fingerprint density at radius 2 is 2.20 bits per heavy atom. The van der Waals surface area contributed by atoms with Gasteiger partial charge in [0.15, 0.2) is 0 Å². The van der Waals surface area contributed by atoms with Gasteiger partial charge in [0.1, 0.15) is 0 Å². The van der Waals surface area contributed by atoms with E-state index in [-0.39, 0.29) is 0 Å². The van der Waals surface area contributed by atoms with E-state index < -0.39 is 0 Å². The quantitative estimate of drug-likeness (QED) is 0.650. The fourth-order valence-electron chi connectivity index (χ4n) is 2.06. The van der Waals surface area contributed by atoms with E-state index in [1.165, 1.54) is 25.8 Å². The zero-order chi connectivity index (χ0) is 10.9. The van der Waals surface area contributed by atoms with Crippen LogP contribution in [0.1, 0.15) is 32.6 Å². The zero-order valence-electron chi connectivity index (χ0n) is 10.3. The van der Waals surface area contributed by atoms with Crippen LogP contribution < -0.4 is 5.32 Å². The van der Waals surface area contributed by atoms with Gasteiger partial charge in [-0.05, 0) is 32.9 Å². The summed E-state index contributed by atoms with van der Waals surface area (Å²) in [7, 11) is 2.24. The molecular formula is C12H26N2O. The molecule has 0 aromatic rings. The average molecular weight is 214 g/mol. The molecule has 1 unspecified atom stereocenters. The smallest absolute Gasteiger partial charge is 0.0590 e. The summed E-state index contributed by atoms with van der Waals surface area (Å²) in [4.78, 5) is 2.48. The molecule has 1 fully saturated rings. The number of piperidine rings is 1. The third-order valence-corrected chi connectivity index (χ3v) is 3.07. The first kappa shape index (κ1) is 12.9. The van der Waals surface area contributed by atoms with Crippen LogP contribution in [0.25, 0.3) is 0 Å². The van der Waals surface area contributed by atoms with Crippen LogP contribution in [0.3, 0.4) is 0 Å². The van der Waals surface area contributed by atoms with Crippen molar-refractivity contribution in [3.05, 3.63) is 0 Å². The Morgan fingerprint density at radius 3 is 2.93 bits per heavy atom. The van der Waals surface area contributed by atoms with Gasteiger partial charge in [-0.25, -0.2) is 0 Å². The van der Waals surface area contributed by atoms with E-state index in [2.05, 4.69) is 24.2 Å². The van der Waals surface area contributed by atoms with Crippen LogP contribution >= 0.6 is 0 Å². The van der Waals surface area contributed by atoms with E-state index in [0.29, 0.717) is 0 Å². The van der Waals surface area contributed by atoms with Crippen molar-refractivity contribution in [2.75, 3.05) is 39.9 Å². The average Bonchev–Trinajstić information content (AvgIpc) is 2.25. The molecule has 0 bridgehead atoms. The number of likely N-dealkylation sites (tertiary alicyclic amines) is 1. The van der Waals surface area contributed by atoms with Crippen molar-refractivity contribution in [2.45, 2.75) is 38.6 Å². The van der Waals surface area contributed by atoms with Crippen molar-refractivity contribution >= 4 is 0 Å². The summed E-state index contributed by atoms with van der Waals surface area (Å²) in [6, 6.07) is 0.741. The molecule has 15 heavy (non-hydrogen) atoms. The second-order valence-electron chi connectivity index (χ2n) is 4.45. The Morgan fingerprint density at radius 1 is 1.33 bits per heavy atom. The molecule has 0 radical (unpaired) electrons. The zero-order valence-corrected chi connectivity index (χ0v) is 10.3. The molecule has 0 spiro atoms. The first-order chi connectivity index (χ1) is 7.34. The minimum absolute atomic E-state index is 0.741. The third-order valence-electron chi connectivity index (χ3n) is 3.07. The fraction of sp³-hybridized carbons (Fsp3) is 1.00. The molecule has 1 heterocycles. The standard InChI is InChI=1S/C12H26N2O/c1-3-9-15-10-7-13-11-12-6-4-5-8-14(12)2/h12-13H,3-11H2,1-2H3. The van der Waals surface area contributed by atoms with E-state index in [0.717, 1.165) is 38.8 Å². The van der Waals surface area contributed by atoms with Gasteiger partial charge in [-0.3, -0.25) is 0 Å². The summed E-state index contributed by atoms with van der Waals surface area (Å²) in [6.07, 6.45) is 5.22. The number of hydrogen-bond donors (Lipinski definition) is 1. The van der Waals surface area contributed by atoms with Crippen molar-refractivity contribution in [1.29, 1.82) is 0 Å². The van der Waals surface area contributed by atoms with Gasteiger partial charge in [-0.2, -0.15) is 0 Å². The molecule has 0 aliphatic carbocycles. The Bertz CT molecular complexity index is 153. The van der Waals surface area contributed by atoms with Crippen molar-refractivity contribution < 1.29 is 4.74 Å². The van der Waals surface area contributed by atoms with E-state index in [1.807, 2.05) is 0 Å². The molecule has 1 atom stereocenters. The van der Waals surface area contributed by atoms with E-state index in [4.69, 9.17) is 4.74 Å². The summed E-state index contributed by atoms with van der Waals surface area (Å²) in [5.41, 5.74) is 0. The fourth-order valence-corrected chi connectivity index (χ4v) is 2.06. The van der Waals surface area contributed by atoms with Crippen molar-refractivity contribution in [3.63, 3.8) is 0 Å². The molecule has 1 aliphatic rings. The predicted molar refractivity (Wildman–Crippen MR) is 64.2 cm³/mol. The molecular weight excluding hydrogens is 188 g/mol. The lowest BCUT2D eigenvalue weighted by atomic mass is 10.0. The molecule has 3 heteroatoms. The maximum absolute atomic E-state index is 5.42. The second-order valence-corrected chi connectivity index (χ2v) is 4.45. The molecule has 1 rings (SSSR count). The normalized spacial score (nSPS) is 23.2. The van der Waals surface area contributed by atoms with Crippen LogP contribution in [0.15, 0.2) is 0 Å². The highest BCUT2D eigenvalue weighted by Crippen LogP contribution is 2.13. The lowest BCUT2D eigenvalue weighted by Crippen LogP contribution is -2.43. The van der Waals surface area contributed by atoms with Crippen LogP contribution in [0.4, 0.5) is 0 Å². The minimum atomic E-state index is 0.741. The maximum atomic E-state index is 5.42. The van der Waals surface area contributed by atoms with Gasteiger partial charge >= 0.3 is 0 Å². The lowest BCUT2D eigenvalue weighted by Gasteiger charge is -2.32. The number of likely N-dealkylation sites (N-methyl/N-ethyl adjacent to an activating group) is 1. The van der Waals surface area contributed by atoms with Gasteiger partial charge in [0.25, 0.3) is 0 Å². The molecule has 3 nitrogen and oxygen atoms in total. The second kappa shape index (κ2) is 8.08. The molecule has 1 N–H and O–H groups in total. The molecule has 0 aromatic heterocycles. The van der Waals surface area contributed by atoms with Gasteiger partial charge in [-0.1, -0.05) is 13.3 Å². The van der Waals surface area contributed by atoms with Crippen molar-refractivity contribution in [2.24, 2.45) is 0 Å². The van der Waals surface area contributed by atoms with Crippen LogP contribution in [0.5, 0.6) is 0 Å². The van der Waals surface area contributed by atoms with E-state index >= 15 is 0 Å². The Hall–Kier alpha value is -0.120. The number of ether oxygens (including phenoxy) is 1. The Balaban J connectivity index is 1.94. The van der Waals surface area contributed by atoms with Gasteiger partial charge in [0, 0.05) is 25.7 Å². The lowest BCUT2D eigenvalue weighted by molar-refractivity contribution is 0.131. The van der Waals surface area contributed by atoms with E-state index in [1.54, 1.807) is 0 Å². The summed E-state index contributed by atoms with van der Waals surface area (Å²) in [5.74, 6) is 0. The number of rotatable bonds is 7. The van der Waals surface area contributed by atoms with Gasteiger partial charge < -0.3 is 15.0 Å².